The van der Waals surface area contributed by atoms with Gasteiger partial charge in [-0.2, -0.15) is 0 Å². The van der Waals surface area contributed by atoms with Crippen molar-refractivity contribution in [2.45, 2.75) is 52.2 Å². The Morgan fingerprint density at radius 3 is 2.47 bits per heavy atom. The number of aliphatic hydroxyl groups is 1. The first-order valence-electron chi connectivity index (χ1n) is 5.55. The lowest BCUT2D eigenvalue weighted by molar-refractivity contribution is -0.121. The molecule has 3 N–H and O–H groups in total. The SMILES string of the molecule is CCCC(O)CNCC(=O)NC(C)(C)C. The van der Waals surface area contributed by atoms with Crippen LogP contribution >= 0.6 is 0 Å². The van der Waals surface area contributed by atoms with Gasteiger partial charge in [-0.15, -0.1) is 0 Å². The first-order chi connectivity index (χ1) is 6.85. The molecule has 0 saturated carbocycles. The summed E-state index contributed by atoms with van der Waals surface area (Å²) in [4.78, 5) is 11.3. The predicted molar refractivity (Wildman–Crippen MR) is 61.7 cm³/mol. The third-order valence-electron chi connectivity index (χ3n) is 1.80. The molecule has 1 atom stereocenters. The van der Waals surface area contributed by atoms with E-state index in [1.165, 1.54) is 0 Å². The number of amides is 1. The van der Waals surface area contributed by atoms with E-state index in [9.17, 15) is 9.90 Å². The molecule has 1 unspecified atom stereocenters. The lowest BCUT2D eigenvalue weighted by atomic mass is 10.1. The molecule has 0 rings (SSSR count). The van der Waals surface area contributed by atoms with E-state index in [1.54, 1.807) is 0 Å². The zero-order valence-electron chi connectivity index (χ0n) is 10.3. The first kappa shape index (κ1) is 14.4. The van der Waals surface area contributed by atoms with Crippen LogP contribution < -0.4 is 10.6 Å². The lowest BCUT2D eigenvalue weighted by Gasteiger charge is -2.20. The van der Waals surface area contributed by atoms with Crippen molar-refractivity contribution in [1.82, 2.24) is 10.6 Å². The molecule has 0 aromatic rings. The van der Waals surface area contributed by atoms with Gasteiger partial charge in [-0.05, 0) is 27.2 Å². The maximum Gasteiger partial charge on any atom is 0.234 e. The molecule has 4 heteroatoms. The molecule has 0 fully saturated rings. The molecule has 0 aromatic carbocycles. The second-order valence-electron chi connectivity index (χ2n) is 4.87. The molecule has 90 valence electrons. The van der Waals surface area contributed by atoms with Crippen molar-refractivity contribution in [3.05, 3.63) is 0 Å². The molecule has 0 saturated heterocycles. The Balaban J connectivity index is 3.55. The van der Waals surface area contributed by atoms with Gasteiger partial charge in [0.2, 0.25) is 5.91 Å². The van der Waals surface area contributed by atoms with Crippen molar-refractivity contribution in [3.8, 4) is 0 Å². The van der Waals surface area contributed by atoms with Crippen LogP contribution in [0.2, 0.25) is 0 Å². The van der Waals surface area contributed by atoms with E-state index in [0.717, 1.165) is 12.8 Å². The Kier molecular flexibility index (Phi) is 6.52. The largest absolute Gasteiger partial charge is 0.392 e. The minimum atomic E-state index is -0.350. The van der Waals surface area contributed by atoms with Gasteiger partial charge in [0.25, 0.3) is 0 Å². The first-order valence-corrected chi connectivity index (χ1v) is 5.55. The summed E-state index contributed by atoms with van der Waals surface area (Å²) in [6.45, 7) is 8.59. The third-order valence-corrected chi connectivity index (χ3v) is 1.80. The van der Waals surface area contributed by atoms with Crippen molar-refractivity contribution in [2.24, 2.45) is 0 Å². The Hall–Kier alpha value is -0.610. The quantitative estimate of drug-likeness (QED) is 0.611. The standard InChI is InChI=1S/C11H24N2O2/c1-5-6-9(14)7-12-8-10(15)13-11(2,3)4/h9,12,14H,5-8H2,1-4H3,(H,13,15). The Morgan fingerprint density at radius 2 is 2.00 bits per heavy atom. The van der Waals surface area contributed by atoms with Gasteiger partial charge in [0, 0.05) is 12.1 Å². The normalized spacial score (nSPS) is 13.7. The van der Waals surface area contributed by atoms with Gasteiger partial charge in [-0.3, -0.25) is 4.79 Å². The highest BCUT2D eigenvalue weighted by atomic mass is 16.3. The Bertz CT molecular complexity index is 188. The van der Waals surface area contributed by atoms with Crippen LogP contribution in [0.3, 0.4) is 0 Å². The molecule has 1 amide bonds. The van der Waals surface area contributed by atoms with Crippen LogP contribution in [-0.2, 0) is 4.79 Å². The van der Waals surface area contributed by atoms with Crippen LogP contribution in [0.15, 0.2) is 0 Å². The molecule has 0 heterocycles. The Morgan fingerprint density at radius 1 is 1.40 bits per heavy atom. The van der Waals surface area contributed by atoms with Crippen LogP contribution in [0, 0.1) is 0 Å². The van der Waals surface area contributed by atoms with E-state index in [2.05, 4.69) is 10.6 Å². The van der Waals surface area contributed by atoms with E-state index >= 15 is 0 Å². The maximum absolute atomic E-state index is 11.3. The minimum absolute atomic E-state index is 0.0359. The van der Waals surface area contributed by atoms with E-state index < -0.39 is 0 Å². The van der Waals surface area contributed by atoms with E-state index in [4.69, 9.17) is 0 Å². The molecule has 4 nitrogen and oxygen atoms in total. The molecular weight excluding hydrogens is 192 g/mol. The van der Waals surface area contributed by atoms with Crippen LogP contribution in [0.25, 0.3) is 0 Å². The van der Waals surface area contributed by atoms with Crippen LogP contribution in [-0.4, -0.2) is 35.7 Å². The van der Waals surface area contributed by atoms with Crippen molar-refractivity contribution in [1.29, 1.82) is 0 Å². The Labute approximate surface area is 92.4 Å². The van der Waals surface area contributed by atoms with Gasteiger partial charge < -0.3 is 15.7 Å². The molecule has 0 aliphatic rings. The van der Waals surface area contributed by atoms with E-state index in [0.29, 0.717) is 6.54 Å². The van der Waals surface area contributed by atoms with Crippen molar-refractivity contribution < 1.29 is 9.90 Å². The fraction of sp³-hybridized carbons (Fsp3) is 0.909. The van der Waals surface area contributed by atoms with Gasteiger partial charge in [0.1, 0.15) is 0 Å². The van der Waals surface area contributed by atoms with E-state index in [1.807, 2.05) is 27.7 Å². The summed E-state index contributed by atoms with van der Waals surface area (Å²) >= 11 is 0. The van der Waals surface area contributed by atoms with Gasteiger partial charge in [-0.1, -0.05) is 13.3 Å². The molecule has 0 aliphatic heterocycles. The van der Waals surface area contributed by atoms with Gasteiger partial charge in [0.05, 0.1) is 12.6 Å². The summed E-state index contributed by atoms with van der Waals surface area (Å²) < 4.78 is 0. The zero-order chi connectivity index (χ0) is 11.9. The van der Waals surface area contributed by atoms with Crippen molar-refractivity contribution in [2.75, 3.05) is 13.1 Å². The molecule has 15 heavy (non-hydrogen) atoms. The second-order valence-corrected chi connectivity index (χ2v) is 4.87. The number of nitrogens with one attached hydrogen (secondary N) is 2. The highest BCUT2D eigenvalue weighted by Crippen LogP contribution is 1.97. The number of hydrogen-bond acceptors (Lipinski definition) is 3. The summed E-state index contributed by atoms with van der Waals surface area (Å²) in [7, 11) is 0. The second kappa shape index (κ2) is 6.80. The number of carbonyl (C=O) groups is 1. The zero-order valence-corrected chi connectivity index (χ0v) is 10.3. The number of rotatable bonds is 6. The monoisotopic (exact) mass is 216 g/mol. The van der Waals surface area contributed by atoms with Gasteiger partial charge in [0.15, 0.2) is 0 Å². The summed E-state index contributed by atoms with van der Waals surface area (Å²) in [6.07, 6.45) is 1.38. The fourth-order valence-electron chi connectivity index (χ4n) is 1.25. The number of aliphatic hydroxyl groups excluding tert-OH is 1. The van der Waals surface area contributed by atoms with Crippen LogP contribution in [0.5, 0.6) is 0 Å². The number of hydrogen-bond donors (Lipinski definition) is 3. The highest BCUT2D eigenvalue weighted by Gasteiger charge is 2.13. The molecule has 0 spiro atoms. The summed E-state index contributed by atoms with van der Waals surface area (Å²) in [6, 6.07) is 0. The molecule has 0 radical (unpaired) electrons. The minimum Gasteiger partial charge on any atom is -0.392 e. The predicted octanol–water partition coefficient (Wildman–Crippen LogP) is 0.652. The maximum atomic E-state index is 11.3. The fourth-order valence-corrected chi connectivity index (χ4v) is 1.25. The molecule has 0 aliphatic carbocycles. The van der Waals surface area contributed by atoms with Crippen LogP contribution in [0.4, 0.5) is 0 Å². The van der Waals surface area contributed by atoms with Gasteiger partial charge in [-0.25, -0.2) is 0 Å². The highest BCUT2D eigenvalue weighted by molar-refractivity contribution is 5.78. The van der Waals surface area contributed by atoms with E-state index in [-0.39, 0.29) is 24.1 Å². The molecular formula is C11H24N2O2. The average Bonchev–Trinajstić information content (AvgIpc) is 2.00. The topological polar surface area (TPSA) is 61.4 Å². The van der Waals surface area contributed by atoms with Crippen molar-refractivity contribution in [3.63, 3.8) is 0 Å². The average molecular weight is 216 g/mol. The van der Waals surface area contributed by atoms with Gasteiger partial charge >= 0.3 is 0 Å². The molecule has 0 aromatic heterocycles. The summed E-state index contributed by atoms with van der Waals surface area (Å²) in [5, 5.41) is 15.2. The summed E-state index contributed by atoms with van der Waals surface area (Å²) in [5.41, 5.74) is -0.194. The summed E-state index contributed by atoms with van der Waals surface area (Å²) in [5.74, 6) is -0.0359. The van der Waals surface area contributed by atoms with Crippen LogP contribution in [0.1, 0.15) is 40.5 Å². The third kappa shape index (κ3) is 9.69. The lowest BCUT2D eigenvalue weighted by Crippen LogP contribution is -2.45. The van der Waals surface area contributed by atoms with Crippen molar-refractivity contribution >= 4 is 5.91 Å². The molecule has 0 bridgehead atoms. The smallest absolute Gasteiger partial charge is 0.234 e. The number of carbonyl (C=O) groups excluding carboxylic acids is 1.